The van der Waals surface area contributed by atoms with Gasteiger partial charge in [0.1, 0.15) is 5.69 Å². The average Bonchev–Trinajstić information content (AvgIpc) is 2.30. The highest BCUT2D eigenvalue weighted by Crippen LogP contribution is 2.22. The van der Waals surface area contributed by atoms with E-state index in [0.29, 0.717) is 11.3 Å². The van der Waals surface area contributed by atoms with Gasteiger partial charge in [0.05, 0.1) is 5.56 Å². The minimum Gasteiger partial charge on any atom is -0.478 e. The molecule has 0 unspecified atom stereocenters. The Kier molecular flexibility index (Phi) is 2.83. The fraction of sp³-hybridized carbons (Fsp3) is 0. The first kappa shape index (κ1) is 10.6. The number of hydrogen-bond donors (Lipinski definition) is 1. The molecule has 0 saturated carbocycles. The smallest absolute Gasteiger partial charge is 0.338 e. The molecule has 0 atom stereocenters. The largest absolute Gasteiger partial charge is 0.478 e. The van der Waals surface area contributed by atoms with Crippen molar-refractivity contribution in [3.05, 3.63) is 47.1 Å². The lowest BCUT2D eigenvalue weighted by Gasteiger charge is -2.03. The SMILES string of the molecule is O=C(O)c1cc(Cl)nnc1-c1ccccc1. The first-order chi connectivity index (χ1) is 7.68. The van der Waals surface area contributed by atoms with Crippen LogP contribution in [-0.4, -0.2) is 21.3 Å². The second-order valence-electron chi connectivity index (χ2n) is 3.10. The van der Waals surface area contributed by atoms with Gasteiger partial charge < -0.3 is 5.11 Å². The Morgan fingerprint density at radius 2 is 1.88 bits per heavy atom. The predicted molar refractivity (Wildman–Crippen MR) is 59.4 cm³/mol. The fourth-order valence-electron chi connectivity index (χ4n) is 1.34. The van der Waals surface area contributed by atoms with Gasteiger partial charge in [-0.25, -0.2) is 4.79 Å². The van der Waals surface area contributed by atoms with Crippen molar-refractivity contribution in [3.63, 3.8) is 0 Å². The van der Waals surface area contributed by atoms with Crippen molar-refractivity contribution in [1.29, 1.82) is 0 Å². The molecule has 1 heterocycles. The molecule has 0 aliphatic carbocycles. The Hall–Kier alpha value is -1.94. The molecule has 0 bridgehead atoms. The predicted octanol–water partition coefficient (Wildman–Crippen LogP) is 2.50. The van der Waals surface area contributed by atoms with Gasteiger partial charge in [0, 0.05) is 5.56 Å². The van der Waals surface area contributed by atoms with E-state index in [1.54, 1.807) is 24.3 Å². The Bertz CT molecular complexity index is 529. The summed E-state index contributed by atoms with van der Waals surface area (Å²) >= 11 is 5.61. The van der Waals surface area contributed by atoms with Crippen molar-refractivity contribution in [2.75, 3.05) is 0 Å². The first-order valence-corrected chi connectivity index (χ1v) is 4.88. The summed E-state index contributed by atoms with van der Waals surface area (Å²) in [6, 6.07) is 10.3. The van der Waals surface area contributed by atoms with E-state index in [0.717, 1.165) is 0 Å². The number of benzene rings is 1. The summed E-state index contributed by atoms with van der Waals surface area (Å²) in [5.74, 6) is -1.07. The zero-order valence-corrected chi connectivity index (χ0v) is 8.85. The molecule has 4 nitrogen and oxygen atoms in total. The molecule has 16 heavy (non-hydrogen) atoms. The van der Waals surface area contributed by atoms with Crippen LogP contribution in [0.25, 0.3) is 11.3 Å². The van der Waals surface area contributed by atoms with E-state index in [-0.39, 0.29) is 10.7 Å². The number of aromatic carboxylic acids is 1. The van der Waals surface area contributed by atoms with Gasteiger partial charge >= 0.3 is 5.97 Å². The van der Waals surface area contributed by atoms with Crippen LogP contribution >= 0.6 is 11.6 Å². The van der Waals surface area contributed by atoms with Crippen LogP contribution in [0.15, 0.2) is 36.4 Å². The molecule has 0 fully saturated rings. The van der Waals surface area contributed by atoms with Crippen LogP contribution in [0.1, 0.15) is 10.4 Å². The fourth-order valence-corrected chi connectivity index (χ4v) is 1.49. The molecule has 0 radical (unpaired) electrons. The van der Waals surface area contributed by atoms with E-state index in [1.807, 2.05) is 6.07 Å². The van der Waals surface area contributed by atoms with Crippen molar-refractivity contribution >= 4 is 17.6 Å². The standard InChI is InChI=1S/C11H7ClN2O2/c12-9-6-8(11(15)16)10(14-13-9)7-4-2-1-3-5-7/h1-6H,(H,15,16). The monoisotopic (exact) mass is 234 g/mol. The van der Waals surface area contributed by atoms with Crippen LogP contribution in [0.2, 0.25) is 5.15 Å². The highest BCUT2D eigenvalue weighted by molar-refractivity contribution is 6.29. The van der Waals surface area contributed by atoms with Gasteiger partial charge in [0.2, 0.25) is 0 Å². The number of carboxylic acids is 1. The summed E-state index contributed by atoms with van der Waals surface area (Å²) in [6.07, 6.45) is 0. The van der Waals surface area contributed by atoms with Gasteiger partial charge in [-0.2, -0.15) is 0 Å². The van der Waals surface area contributed by atoms with Crippen molar-refractivity contribution < 1.29 is 9.90 Å². The van der Waals surface area contributed by atoms with Gasteiger partial charge in [0.15, 0.2) is 5.15 Å². The Morgan fingerprint density at radius 1 is 1.19 bits per heavy atom. The number of carbonyl (C=O) groups is 1. The van der Waals surface area contributed by atoms with Gasteiger partial charge in [-0.05, 0) is 6.07 Å². The summed E-state index contributed by atoms with van der Waals surface area (Å²) in [7, 11) is 0. The van der Waals surface area contributed by atoms with Crippen molar-refractivity contribution in [1.82, 2.24) is 10.2 Å². The molecule has 0 amide bonds. The van der Waals surface area contributed by atoms with Crippen molar-refractivity contribution in [2.45, 2.75) is 0 Å². The number of nitrogens with zero attached hydrogens (tertiary/aromatic N) is 2. The average molecular weight is 235 g/mol. The summed E-state index contributed by atoms with van der Waals surface area (Å²) in [4.78, 5) is 11.0. The van der Waals surface area contributed by atoms with Crippen molar-refractivity contribution in [2.24, 2.45) is 0 Å². The number of aromatic nitrogens is 2. The summed E-state index contributed by atoms with van der Waals surface area (Å²) in [5.41, 5.74) is 1.06. The molecule has 1 aromatic heterocycles. The molecule has 0 saturated heterocycles. The molecular formula is C11H7ClN2O2. The van der Waals surface area contributed by atoms with E-state index in [2.05, 4.69) is 10.2 Å². The molecule has 0 aliphatic heterocycles. The molecular weight excluding hydrogens is 228 g/mol. The quantitative estimate of drug-likeness (QED) is 0.867. The maximum atomic E-state index is 11.0. The van der Waals surface area contributed by atoms with Gasteiger partial charge in [-0.1, -0.05) is 41.9 Å². The molecule has 2 aromatic rings. The van der Waals surface area contributed by atoms with E-state index >= 15 is 0 Å². The number of hydrogen-bond acceptors (Lipinski definition) is 3. The molecule has 1 aromatic carbocycles. The van der Waals surface area contributed by atoms with E-state index < -0.39 is 5.97 Å². The number of rotatable bonds is 2. The van der Waals surface area contributed by atoms with Crippen LogP contribution < -0.4 is 0 Å². The number of halogens is 1. The zero-order valence-electron chi connectivity index (χ0n) is 8.09. The van der Waals surface area contributed by atoms with E-state index in [4.69, 9.17) is 16.7 Å². The van der Waals surface area contributed by atoms with Crippen LogP contribution in [0, 0.1) is 0 Å². The van der Waals surface area contributed by atoms with Gasteiger partial charge in [-0.15, -0.1) is 10.2 Å². The molecule has 0 aliphatic rings. The van der Waals surface area contributed by atoms with E-state index in [9.17, 15) is 4.79 Å². The van der Waals surface area contributed by atoms with Crippen LogP contribution in [0.3, 0.4) is 0 Å². The molecule has 5 heteroatoms. The topological polar surface area (TPSA) is 63.1 Å². The molecule has 2 rings (SSSR count). The lowest BCUT2D eigenvalue weighted by molar-refractivity contribution is 0.0697. The Labute approximate surface area is 96.5 Å². The van der Waals surface area contributed by atoms with Crippen molar-refractivity contribution in [3.8, 4) is 11.3 Å². The third kappa shape index (κ3) is 2.01. The summed E-state index contributed by atoms with van der Waals surface area (Å²) < 4.78 is 0. The summed E-state index contributed by atoms with van der Waals surface area (Å²) in [6.45, 7) is 0. The second kappa shape index (κ2) is 4.28. The summed E-state index contributed by atoms with van der Waals surface area (Å²) in [5, 5.41) is 16.5. The highest BCUT2D eigenvalue weighted by atomic mass is 35.5. The third-order valence-electron chi connectivity index (χ3n) is 2.04. The zero-order chi connectivity index (χ0) is 11.5. The Morgan fingerprint density at radius 3 is 2.50 bits per heavy atom. The Balaban J connectivity index is 2.61. The van der Waals surface area contributed by atoms with Crippen LogP contribution in [-0.2, 0) is 0 Å². The molecule has 0 spiro atoms. The van der Waals surface area contributed by atoms with Gasteiger partial charge in [0.25, 0.3) is 0 Å². The molecule has 1 N–H and O–H groups in total. The highest BCUT2D eigenvalue weighted by Gasteiger charge is 2.14. The van der Waals surface area contributed by atoms with Gasteiger partial charge in [-0.3, -0.25) is 0 Å². The maximum absolute atomic E-state index is 11.0. The lowest BCUT2D eigenvalue weighted by Crippen LogP contribution is -2.03. The maximum Gasteiger partial charge on any atom is 0.338 e. The normalized spacial score (nSPS) is 10.1. The number of carboxylic acid groups (broad SMARTS) is 1. The minimum absolute atomic E-state index is 0.0474. The molecule has 80 valence electrons. The second-order valence-corrected chi connectivity index (χ2v) is 3.49. The third-order valence-corrected chi connectivity index (χ3v) is 2.23. The lowest BCUT2D eigenvalue weighted by atomic mass is 10.1. The minimum atomic E-state index is -1.07. The van der Waals surface area contributed by atoms with Crippen LogP contribution in [0.4, 0.5) is 0 Å². The van der Waals surface area contributed by atoms with E-state index in [1.165, 1.54) is 6.07 Å². The first-order valence-electron chi connectivity index (χ1n) is 4.50. The van der Waals surface area contributed by atoms with Crippen LogP contribution in [0.5, 0.6) is 0 Å².